The van der Waals surface area contributed by atoms with E-state index in [1.54, 1.807) is 0 Å². The Bertz CT molecular complexity index is 160. The minimum absolute atomic E-state index is 0.0943. The van der Waals surface area contributed by atoms with Crippen molar-refractivity contribution < 1.29 is 30.2 Å². The van der Waals surface area contributed by atoms with Gasteiger partial charge in [0, 0.05) is 0 Å². The number of carboxylic acids is 1. The van der Waals surface area contributed by atoms with Crippen LogP contribution in [0.25, 0.3) is 0 Å². The lowest BCUT2D eigenvalue weighted by molar-refractivity contribution is -0.293. The molecule has 0 aliphatic carbocycles. The first-order valence-electron chi connectivity index (χ1n) is 4.48. The standard InChI is InChI=1S/C8H16O6/c1-2-3-6(13-11)4-5-7(14-12)8(9)10/h6-7,11-12H,2-5H2,1H3,(H,9,10). The highest BCUT2D eigenvalue weighted by molar-refractivity contribution is 5.72. The van der Waals surface area contributed by atoms with Crippen LogP contribution in [0, 0.1) is 0 Å². The van der Waals surface area contributed by atoms with Gasteiger partial charge in [-0.05, 0) is 19.3 Å². The van der Waals surface area contributed by atoms with E-state index in [0.29, 0.717) is 12.8 Å². The molecule has 0 radical (unpaired) electrons. The minimum Gasteiger partial charge on any atom is -0.479 e. The van der Waals surface area contributed by atoms with Gasteiger partial charge in [-0.3, -0.25) is 10.5 Å². The molecule has 0 aromatic heterocycles. The molecule has 3 N–H and O–H groups in total. The zero-order valence-corrected chi connectivity index (χ0v) is 8.05. The van der Waals surface area contributed by atoms with Crippen molar-refractivity contribution in [2.24, 2.45) is 0 Å². The summed E-state index contributed by atoms with van der Waals surface area (Å²) in [5.74, 6) is -1.24. The molecule has 0 fully saturated rings. The third kappa shape index (κ3) is 5.13. The maximum absolute atomic E-state index is 10.4. The molecule has 0 aromatic rings. The molecule has 0 saturated carbocycles. The van der Waals surface area contributed by atoms with Crippen LogP contribution >= 0.6 is 0 Å². The van der Waals surface area contributed by atoms with Gasteiger partial charge in [-0.2, -0.15) is 0 Å². The number of carbonyl (C=O) groups is 1. The van der Waals surface area contributed by atoms with Gasteiger partial charge in [0.05, 0.1) is 6.10 Å². The molecule has 0 saturated heterocycles. The summed E-state index contributed by atoms with van der Waals surface area (Å²) in [5, 5.41) is 25.2. The average Bonchev–Trinajstić information content (AvgIpc) is 2.16. The Morgan fingerprint density at radius 2 is 1.86 bits per heavy atom. The van der Waals surface area contributed by atoms with E-state index in [1.165, 1.54) is 0 Å². The van der Waals surface area contributed by atoms with Crippen molar-refractivity contribution in [2.45, 2.75) is 44.8 Å². The fourth-order valence-electron chi connectivity index (χ4n) is 1.13. The Labute approximate surface area is 81.9 Å². The summed E-state index contributed by atoms with van der Waals surface area (Å²) in [6, 6.07) is 0. The van der Waals surface area contributed by atoms with Gasteiger partial charge in [-0.25, -0.2) is 14.6 Å². The number of carboxylic acid groups (broad SMARTS) is 1. The maximum Gasteiger partial charge on any atom is 0.336 e. The van der Waals surface area contributed by atoms with Gasteiger partial charge in [-0.15, -0.1) is 0 Å². The molecule has 0 amide bonds. The van der Waals surface area contributed by atoms with Crippen LogP contribution in [0.3, 0.4) is 0 Å². The Morgan fingerprint density at radius 3 is 2.21 bits per heavy atom. The molecule has 6 heteroatoms. The molecule has 0 aromatic carbocycles. The summed E-state index contributed by atoms with van der Waals surface area (Å²) >= 11 is 0. The fourth-order valence-corrected chi connectivity index (χ4v) is 1.13. The topological polar surface area (TPSA) is 96.2 Å². The van der Waals surface area contributed by atoms with Crippen molar-refractivity contribution >= 4 is 5.97 Å². The first-order valence-corrected chi connectivity index (χ1v) is 4.48. The summed E-state index contributed by atoms with van der Waals surface area (Å²) in [5.41, 5.74) is 0. The second-order valence-corrected chi connectivity index (χ2v) is 3.03. The lowest BCUT2D eigenvalue weighted by Gasteiger charge is -2.14. The molecule has 0 aliphatic heterocycles. The summed E-state index contributed by atoms with van der Waals surface area (Å²) < 4.78 is 0. The summed E-state index contributed by atoms with van der Waals surface area (Å²) in [6.07, 6.45) is 0.206. The average molecular weight is 208 g/mol. The van der Waals surface area contributed by atoms with E-state index in [1.807, 2.05) is 6.92 Å². The Morgan fingerprint density at radius 1 is 1.21 bits per heavy atom. The van der Waals surface area contributed by atoms with Crippen LogP contribution in [-0.4, -0.2) is 33.8 Å². The third-order valence-electron chi connectivity index (χ3n) is 1.91. The highest BCUT2D eigenvalue weighted by atomic mass is 17.1. The summed E-state index contributed by atoms with van der Waals surface area (Å²) in [4.78, 5) is 18.3. The van der Waals surface area contributed by atoms with Gasteiger partial charge in [0.25, 0.3) is 0 Å². The molecular weight excluding hydrogens is 192 g/mol. The van der Waals surface area contributed by atoms with E-state index >= 15 is 0 Å². The molecule has 84 valence electrons. The normalized spacial score (nSPS) is 15.1. The van der Waals surface area contributed by atoms with Crippen molar-refractivity contribution in [3.8, 4) is 0 Å². The van der Waals surface area contributed by atoms with Crippen LogP contribution in [0.15, 0.2) is 0 Å². The van der Waals surface area contributed by atoms with Crippen molar-refractivity contribution in [3.63, 3.8) is 0 Å². The Kier molecular flexibility index (Phi) is 7.31. The van der Waals surface area contributed by atoms with Gasteiger partial charge in [0.15, 0.2) is 6.10 Å². The minimum atomic E-state index is -1.26. The van der Waals surface area contributed by atoms with Crippen LogP contribution in [0.5, 0.6) is 0 Å². The van der Waals surface area contributed by atoms with Crippen LogP contribution < -0.4 is 0 Å². The van der Waals surface area contributed by atoms with Crippen LogP contribution in [0.1, 0.15) is 32.6 Å². The Balaban J connectivity index is 3.81. The number of rotatable bonds is 8. The van der Waals surface area contributed by atoms with Gasteiger partial charge >= 0.3 is 5.97 Å². The zero-order valence-electron chi connectivity index (χ0n) is 8.05. The smallest absolute Gasteiger partial charge is 0.336 e. The van der Waals surface area contributed by atoms with Gasteiger partial charge in [0.1, 0.15) is 0 Å². The molecule has 2 atom stereocenters. The predicted molar refractivity (Wildman–Crippen MR) is 46.8 cm³/mol. The quantitative estimate of drug-likeness (QED) is 0.411. The molecule has 0 aliphatic rings. The monoisotopic (exact) mass is 208 g/mol. The molecule has 0 rings (SSSR count). The third-order valence-corrected chi connectivity index (χ3v) is 1.91. The number of hydrogen-bond acceptors (Lipinski definition) is 5. The van der Waals surface area contributed by atoms with E-state index in [2.05, 4.69) is 9.78 Å². The highest BCUT2D eigenvalue weighted by Gasteiger charge is 2.20. The van der Waals surface area contributed by atoms with Crippen molar-refractivity contribution in [1.82, 2.24) is 0 Å². The molecule has 0 spiro atoms. The van der Waals surface area contributed by atoms with Gasteiger partial charge in [0.2, 0.25) is 0 Å². The second kappa shape index (κ2) is 7.69. The second-order valence-electron chi connectivity index (χ2n) is 3.03. The van der Waals surface area contributed by atoms with Gasteiger partial charge < -0.3 is 5.11 Å². The molecule has 2 unspecified atom stereocenters. The molecule has 0 bridgehead atoms. The van der Waals surface area contributed by atoms with E-state index in [0.717, 1.165) is 6.42 Å². The van der Waals surface area contributed by atoms with E-state index in [-0.39, 0.29) is 6.42 Å². The maximum atomic E-state index is 10.4. The lowest BCUT2D eigenvalue weighted by atomic mass is 10.1. The fraction of sp³-hybridized carbons (Fsp3) is 0.875. The SMILES string of the molecule is CCCC(CCC(OO)C(=O)O)OO. The molecular formula is C8H16O6. The van der Waals surface area contributed by atoms with E-state index in [9.17, 15) is 4.79 Å². The van der Waals surface area contributed by atoms with Crippen LogP contribution in [0.4, 0.5) is 0 Å². The Hall–Kier alpha value is -0.690. The van der Waals surface area contributed by atoms with Crippen LogP contribution in [-0.2, 0) is 14.6 Å². The highest BCUT2D eigenvalue weighted by Crippen LogP contribution is 2.11. The van der Waals surface area contributed by atoms with Gasteiger partial charge in [-0.1, -0.05) is 13.3 Å². The van der Waals surface area contributed by atoms with Crippen molar-refractivity contribution in [2.75, 3.05) is 0 Å². The summed E-state index contributed by atoms with van der Waals surface area (Å²) in [7, 11) is 0. The lowest BCUT2D eigenvalue weighted by Crippen LogP contribution is -2.24. The van der Waals surface area contributed by atoms with E-state index < -0.39 is 18.2 Å². The molecule has 6 nitrogen and oxygen atoms in total. The predicted octanol–water partition coefficient (Wildman–Crippen LogP) is 1.37. The summed E-state index contributed by atoms with van der Waals surface area (Å²) in [6.45, 7) is 1.92. The number of hydrogen-bond donors (Lipinski definition) is 3. The molecule has 14 heavy (non-hydrogen) atoms. The van der Waals surface area contributed by atoms with Crippen molar-refractivity contribution in [3.05, 3.63) is 0 Å². The van der Waals surface area contributed by atoms with Crippen molar-refractivity contribution in [1.29, 1.82) is 0 Å². The first kappa shape index (κ1) is 13.3. The van der Waals surface area contributed by atoms with E-state index in [4.69, 9.17) is 15.6 Å². The first-order chi connectivity index (χ1) is 6.65. The largest absolute Gasteiger partial charge is 0.479 e. The number of aliphatic carboxylic acids is 1. The van der Waals surface area contributed by atoms with Crippen LogP contribution in [0.2, 0.25) is 0 Å². The zero-order chi connectivity index (χ0) is 11.0. The molecule has 0 heterocycles.